The molecule has 0 aliphatic heterocycles. The van der Waals surface area contributed by atoms with Crippen LogP contribution in [0.1, 0.15) is 21.6 Å². The van der Waals surface area contributed by atoms with E-state index in [2.05, 4.69) is 10.2 Å². The second-order valence-electron chi connectivity index (χ2n) is 4.20. The molecule has 1 N–H and O–H groups in total. The fraction of sp³-hybridized carbons (Fsp3) is 0.231. The second-order valence-corrected chi connectivity index (χ2v) is 4.20. The minimum absolute atomic E-state index is 0.106. The number of nitrogens with one attached hydrogen (secondary N) is 1. The van der Waals surface area contributed by atoms with Crippen LogP contribution in [-0.2, 0) is 6.54 Å². The summed E-state index contributed by atoms with van der Waals surface area (Å²) >= 11 is 0. The van der Waals surface area contributed by atoms with Crippen molar-refractivity contribution in [3.63, 3.8) is 0 Å². The van der Waals surface area contributed by atoms with E-state index in [1.807, 2.05) is 0 Å². The predicted octanol–water partition coefficient (Wildman–Crippen LogP) is 2.13. The third-order valence-electron chi connectivity index (χ3n) is 2.74. The van der Waals surface area contributed by atoms with Gasteiger partial charge in [-0.2, -0.15) is 5.10 Å². The van der Waals surface area contributed by atoms with Crippen LogP contribution in [-0.4, -0.2) is 28.1 Å². The van der Waals surface area contributed by atoms with Gasteiger partial charge in [0.25, 0.3) is 5.91 Å². The van der Waals surface area contributed by atoms with Crippen LogP contribution in [0.5, 0.6) is 0 Å². The number of amides is 1. The molecule has 4 nitrogen and oxygen atoms in total. The fourth-order valence-electron chi connectivity index (χ4n) is 1.71. The molecular weight excluding hydrogens is 233 g/mol. The zero-order chi connectivity index (χ0) is 13.1. The topological polar surface area (TPSA) is 49.0 Å². The Kier molecular flexibility index (Phi) is 3.41. The average Bonchev–Trinajstić information content (AvgIpc) is 2.77. The van der Waals surface area contributed by atoms with Crippen molar-refractivity contribution in [3.05, 3.63) is 53.1 Å². The molecule has 0 spiro atoms. The van der Waals surface area contributed by atoms with E-state index in [4.69, 9.17) is 0 Å². The molecule has 0 aliphatic rings. The lowest BCUT2D eigenvalue weighted by molar-refractivity contribution is 0.0784. The molecule has 5 heteroatoms. The Morgan fingerprint density at radius 2 is 2.06 bits per heavy atom. The number of nitrogens with zero attached hydrogens (tertiary/aromatic N) is 2. The maximum Gasteiger partial charge on any atom is 0.257 e. The Balaban J connectivity index is 2.08. The van der Waals surface area contributed by atoms with Crippen LogP contribution in [0.25, 0.3) is 0 Å². The number of aromatic amines is 1. The van der Waals surface area contributed by atoms with Crippen LogP contribution < -0.4 is 0 Å². The van der Waals surface area contributed by atoms with Crippen molar-refractivity contribution in [3.8, 4) is 0 Å². The molecule has 1 amide bonds. The number of aryl methyl sites for hydroxylation is 1. The van der Waals surface area contributed by atoms with E-state index in [1.165, 1.54) is 18.3 Å². The zero-order valence-electron chi connectivity index (χ0n) is 10.3. The monoisotopic (exact) mass is 247 g/mol. The SMILES string of the molecule is Cc1[nH]ncc1C(=O)N(C)Cc1ccc(F)cc1. The lowest BCUT2D eigenvalue weighted by atomic mass is 10.2. The van der Waals surface area contributed by atoms with E-state index in [-0.39, 0.29) is 11.7 Å². The van der Waals surface area contributed by atoms with Gasteiger partial charge in [-0.15, -0.1) is 0 Å². The molecule has 0 saturated carbocycles. The maximum absolute atomic E-state index is 12.8. The highest BCUT2D eigenvalue weighted by molar-refractivity contribution is 5.94. The van der Waals surface area contributed by atoms with E-state index >= 15 is 0 Å². The summed E-state index contributed by atoms with van der Waals surface area (Å²) < 4.78 is 12.8. The summed E-state index contributed by atoms with van der Waals surface area (Å²) in [5.74, 6) is -0.385. The average molecular weight is 247 g/mol. The van der Waals surface area contributed by atoms with E-state index in [9.17, 15) is 9.18 Å². The van der Waals surface area contributed by atoms with Crippen LogP contribution in [0.2, 0.25) is 0 Å². The quantitative estimate of drug-likeness (QED) is 0.903. The van der Waals surface area contributed by atoms with Gasteiger partial charge < -0.3 is 4.90 Å². The second kappa shape index (κ2) is 5.00. The van der Waals surface area contributed by atoms with Gasteiger partial charge in [0.2, 0.25) is 0 Å². The highest BCUT2D eigenvalue weighted by Gasteiger charge is 2.15. The molecule has 2 rings (SSSR count). The van der Waals surface area contributed by atoms with E-state index in [0.717, 1.165) is 11.3 Å². The lowest BCUT2D eigenvalue weighted by Crippen LogP contribution is -2.26. The first-order chi connectivity index (χ1) is 8.58. The van der Waals surface area contributed by atoms with Crippen molar-refractivity contribution in [2.45, 2.75) is 13.5 Å². The van der Waals surface area contributed by atoms with Gasteiger partial charge in [0.05, 0.1) is 11.8 Å². The van der Waals surface area contributed by atoms with Gasteiger partial charge in [0.1, 0.15) is 5.82 Å². The van der Waals surface area contributed by atoms with Gasteiger partial charge in [-0.1, -0.05) is 12.1 Å². The van der Waals surface area contributed by atoms with Crippen molar-refractivity contribution >= 4 is 5.91 Å². The van der Waals surface area contributed by atoms with Gasteiger partial charge in [-0.25, -0.2) is 4.39 Å². The van der Waals surface area contributed by atoms with Gasteiger partial charge >= 0.3 is 0 Å². The zero-order valence-corrected chi connectivity index (χ0v) is 10.3. The number of halogens is 1. The van der Waals surface area contributed by atoms with Gasteiger partial charge in [-0.3, -0.25) is 9.89 Å². The first kappa shape index (κ1) is 12.3. The van der Waals surface area contributed by atoms with Crippen molar-refractivity contribution in [2.24, 2.45) is 0 Å². The molecule has 0 bridgehead atoms. The van der Waals surface area contributed by atoms with Crippen LogP contribution >= 0.6 is 0 Å². The molecule has 1 aromatic heterocycles. The Morgan fingerprint density at radius 3 is 2.61 bits per heavy atom. The Labute approximate surface area is 104 Å². The molecule has 1 aromatic carbocycles. The Morgan fingerprint density at radius 1 is 1.39 bits per heavy atom. The molecule has 1 heterocycles. The summed E-state index contributed by atoms with van der Waals surface area (Å²) in [4.78, 5) is 13.7. The highest BCUT2D eigenvalue weighted by Crippen LogP contribution is 2.10. The number of aromatic nitrogens is 2. The van der Waals surface area contributed by atoms with Crippen LogP contribution in [0.4, 0.5) is 4.39 Å². The summed E-state index contributed by atoms with van der Waals surface area (Å²) in [6.07, 6.45) is 1.51. The number of benzene rings is 1. The standard InChI is InChI=1S/C13H14FN3O/c1-9-12(7-15-16-9)13(18)17(2)8-10-3-5-11(14)6-4-10/h3-7H,8H2,1-2H3,(H,15,16). The summed E-state index contributed by atoms with van der Waals surface area (Å²) in [7, 11) is 1.71. The molecular formula is C13H14FN3O. The Bertz CT molecular complexity index is 548. The number of hydrogen-bond donors (Lipinski definition) is 1. The van der Waals surface area contributed by atoms with Crippen LogP contribution in [0.3, 0.4) is 0 Å². The first-order valence-corrected chi connectivity index (χ1v) is 5.58. The number of rotatable bonds is 3. The highest BCUT2D eigenvalue weighted by atomic mass is 19.1. The smallest absolute Gasteiger partial charge is 0.257 e. The van der Waals surface area contributed by atoms with E-state index in [0.29, 0.717) is 12.1 Å². The maximum atomic E-state index is 12.8. The molecule has 0 aliphatic carbocycles. The third-order valence-corrected chi connectivity index (χ3v) is 2.74. The molecule has 0 saturated heterocycles. The third kappa shape index (κ3) is 2.56. The summed E-state index contributed by atoms with van der Waals surface area (Å²) in [6, 6.07) is 6.11. The molecule has 18 heavy (non-hydrogen) atoms. The molecule has 0 fully saturated rings. The van der Waals surface area contributed by atoms with Crippen molar-refractivity contribution in [1.29, 1.82) is 0 Å². The lowest BCUT2D eigenvalue weighted by Gasteiger charge is -2.16. The van der Waals surface area contributed by atoms with Crippen molar-refractivity contribution in [2.75, 3.05) is 7.05 Å². The summed E-state index contributed by atoms with van der Waals surface area (Å²) in [5, 5.41) is 6.55. The molecule has 0 unspecified atom stereocenters. The first-order valence-electron chi connectivity index (χ1n) is 5.58. The van der Waals surface area contributed by atoms with E-state index < -0.39 is 0 Å². The number of H-pyrrole nitrogens is 1. The van der Waals surface area contributed by atoms with Crippen LogP contribution in [0.15, 0.2) is 30.5 Å². The van der Waals surface area contributed by atoms with E-state index in [1.54, 1.807) is 31.0 Å². The van der Waals surface area contributed by atoms with Crippen molar-refractivity contribution < 1.29 is 9.18 Å². The number of carbonyl (C=O) groups excluding carboxylic acids is 1. The largest absolute Gasteiger partial charge is 0.337 e. The van der Waals surface area contributed by atoms with Crippen LogP contribution in [0, 0.1) is 12.7 Å². The van der Waals surface area contributed by atoms with Gasteiger partial charge in [0, 0.05) is 19.3 Å². The summed E-state index contributed by atoms with van der Waals surface area (Å²) in [6.45, 7) is 2.23. The fourth-order valence-corrected chi connectivity index (χ4v) is 1.71. The van der Waals surface area contributed by atoms with Crippen molar-refractivity contribution in [1.82, 2.24) is 15.1 Å². The molecule has 0 atom stereocenters. The number of hydrogen-bond acceptors (Lipinski definition) is 2. The summed E-state index contributed by atoms with van der Waals surface area (Å²) in [5.41, 5.74) is 2.18. The Hall–Kier alpha value is -2.17. The van der Waals surface area contributed by atoms with Gasteiger partial charge in [-0.05, 0) is 24.6 Å². The predicted molar refractivity (Wildman–Crippen MR) is 65.5 cm³/mol. The molecule has 0 radical (unpaired) electrons. The minimum atomic E-state index is -0.279. The number of carbonyl (C=O) groups is 1. The minimum Gasteiger partial charge on any atom is -0.337 e. The normalized spacial score (nSPS) is 10.4. The van der Waals surface area contributed by atoms with Gasteiger partial charge in [0.15, 0.2) is 0 Å². The molecule has 94 valence electrons. The molecule has 2 aromatic rings.